The molecule has 0 amide bonds. The fourth-order valence-corrected chi connectivity index (χ4v) is 3.11. The molecule has 0 aliphatic carbocycles. The van der Waals surface area contributed by atoms with Gasteiger partial charge in [-0.1, -0.05) is 71.2 Å². The average molecular weight is 338 g/mol. The molecular formula is C17H18BrCl. The molecule has 2 heteroatoms. The Bertz CT molecular complexity index is 546. The smallest absolute Gasteiger partial charge is 0.0846 e. The third-order valence-electron chi connectivity index (χ3n) is 3.24. The van der Waals surface area contributed by atoms with Crippen molar-refractivity contribution in [2.75, 3.05) is 0 Å². The molecule has 0 nitrogen and oxygen atoms in total. The van der Waals surface area contributed by atoms with Gasteiger partial charge in [-0.3, -0.25) is 0 Å². The van der Waals surface area contributed by atoms with Crippen molar-refractivity contribution in [3.8, 4) is 0 Å². The molecule has 0 aromatic heterocycles. The monoisotopic (exact) mass is 336 g/mol. The third-order valence-corrected chi connectivity index (χ3v) is 4.44. The van der Waals surface area contributed by atoms with E-state index in [4.69, 9.17) is 11.6 Å². The van der Waals surface area contributed by atoms with Gasteiger partial charge in [-0.15, -0.1) is 11.6 Å². The molecule has 2 aromatic carbocycles. The predicted octanol–water partition coefficient (Wildman–Crippen LogP) is 6.04. The molecule has 0 saturated heterocycles. The van der Waals surface area contributed by atoms with Crippen LogP contribution in [0.5, 0.6) is 0 Å². The Morgan fingerprint density at radius 2 is 1.79 bits per heavy atom. The Morgan fingerprint density at radius 3 is 2.42 bits per heavy atom. The van der Waals surface area contributed by atoms with Crippen molar-refractivity contribution in [3.63, 3.8) is 0 Å². The van der Waals surface area contributed by atoms with Crippen molar-refractivity contribution < 1.29 is 0 Å². The molecule has 19 heavy (non-hydrogen) atoms. The SMILES string of the molecule is CCCc1ccc(C(Cl)c2cc(C)ccc2Br)cc1. The lowest BCUT2D eigenvalue weighted by atomic mass is 10.0. The molecule has 0 aliphatic heterocycles. The van der Waals surface area contributed by atoms with Crippen molar-refractivity contribution >= 4 is 27.5 Å². The lowest BCUT2D eigenvalue weighted by Gasteiger charge is -2.14. The molecule has 1 unspecified atom stereocenters. The van der Waals surface area contributed by atoms with Gasteiger partial charge in [0.05, 0.1) is 5.38 Å². The molecule has 0 fully saturated rings. The molecule has 0 bridgehead atoms. The highest BCUT2D eigenvalue weighted by atomic mass is 79.9. The zero-order valence-corrected chi connectivity index (χ0v) is 13.6. The molecule has 100 valence electrons. The Kier molecular flexibility index (Phi) is 5.06. The van der Waals surface area contributed by atoms with Crippen LogP contribution in [0.2, 0.25) is 0 Å². The first kappa shape index (κ1) is 14.6. The van der Waals surface area contributed by atoms with E-state index in [9.17, 15) is 0 Å². The van der Waals surface area contributed by atoms with E-state index in [1.54, 1.807) is 0 Å². The molecule has 2 aromatic rings. The zero-order chi connectivity index (χ0) is 13.8. The van der Waals surface area contributed by atoms with Crippen LogP contribution in [0, 0.1) is 6.92 Å². The molecule has 0 saturated carbocycles. The number of hydrogen-bond donors (Lipinski definition) is 0. The van der Waals surface area contributed by atoms with Crippen molar-refractivity contribution in [3.05, 3.63) is 69.2 Å². The highest BCUT2D eigenvalue weighted by molar-refractivity contribution is 9.10. The molecule has 0 radical (unpaired) electrons. The zero-order valence-electron chi connectivity index (χ0n) is 11.3. The van der Waals surface area contributed by atoms with E-state index in [0.717, 1.165) is 22.0 Å². The summed E-state index contributed by atoms with van der Waals surface area (Å²) in [7, 11) is 0. The van der Waals surface area contributed by atoms with E-state index in [0.29, 0.717) is 0 Å². The Balaban J connectivity index is 2.27. The number of hydrogen-bond acceptors (Lipinski definition) is 0. The van der Waals surface area contributed by atoms with E-state index >= 15 is 0 Å². The van der Waals surface area contributed by atoms with Gasteiger partial charge < -0.3 is 0 Å². The number of halogens is 2. The number of rotatable bonds is 4. The van der Waals surface area contributed by atoms with Crippen LogP contribution >= 0.6 is 27.5 Å². The Hall–Kier alpha value is -0.790. The summed E-state index contributed by atoms with van der Waals surface area (Å²) >= 11 is 10.2. The molecule has 2 rings (SSSR count). The standard InChI is InChI=1S/C17H18BrCl/c1-3-4-13-6-8-14(9-7-13)17(19)15-11-12(2)5-10-16(15)18/h5-11,17H,3-4H2,1-2H3. The van der Waals surface area contributed by atoms with Crippen molar-refractivity contribution in [2.24, 2.45) is 0 Å². The van der Waals surface area contributed by atoms with Crippen molar-refractivity contribution in [1.29, 1.82) is 0 Å². The number of benzene rings is 2. The van der Waals surface area contributed by atoms with Gasteiger partial charge in [-0.05, 0) is 36.1 Å². The van der Waals surface area contributed by atoms with Crippen LogP contribution in [0.1, 0.15) is 41.0 Å². The number of aryl methyl sites for hydroxylation is 2. The van der Waals surface area contributed by atoms with Gasteiger partial charge >= 0.3 is 0 Å². The van der Waals surface area contributed by atoms with E-state index in [-0.39, 0.29) is 5.38 Å². The van der Waals surface area contributed by atoms with Crippen molar-refractivity contribution in [1.82, 2.24) is 0 Å². The van der Waals surface area contributed by atoms with E-state index in [1.165, 1.54) is 17.5 Å². The number of alkyl halides is 1. The van der Waals surface area contributed by atoms with Crippen LogP contribution in [0.4, 0.5) is 0 Å². The molecule has 0 spiro atoms. The van der Waals surface area contributed by atoms with Crippen LogP contribution in [-0.4, -0.2) is 0 Å². The van der Waals surface area contributed by atoms with Gasteiger partial charge in [0.2, 0.25) is 0 Å². The second-order valence-electron chi connectivity index (χ2n) is 4.88. The van der Waals surface area contributed by atoms with Gasteiger partial charge in [0, 0.05) is 4.47 Å². The maximum absolute atomic E-state index is 6.61. The van der Waals surface area contributed by atoms with Crippen LogP contribution < -0.4 is 0 Å². The summed E-state index contributed by atoms with van der Waals surface area (Å²) in [4.78, 5) is 0. The Morgan fingerprint density at radius 1 is 1.11 bits per heavy atom. The van der Waals surface area contributed by atoms with Crippen LogP contribution in [0.15, 0.2) is 46.9 Å². The lowest BCUT2D eigenvalue weighted by Crippen LogP contribution is -1.96. The minimum Gasteiger partial charge on any atom is -0.113 e. The fourth-order valence-electron chi connectivity index (χ4n) is 2.18. The topological polar surface area (TPSA) is 0 Å². The summed E-state index contributed by atoms with van der Waals surface area (Å²) in [5.74, 6) is 0. The summed E-state index contributed by atoms with van der Waals surface area (Å²) in [6.07, 6.45) is 2.30. The second-order valence-corrected chi connectivity index (χ2v) is 6.17. The summed E-state index contributed by atoms with van der Waals surface area (Å²) in [5, 5.41) is -0.107. The fraction of sp³-hybridized carbons (Fsp3) is 0.294. The first-order chi connectivity index (χ1) is 9.11. The second kappa shape index (κ2) is 6.58. The highest BCUT2D eigenvalue weighted by Gasteiger charge is 2.14. The molecular weight excluding hydrogens is 320 g/mol. The van der Waals surface area contributed by atoms with E-state index in [1.807, 2.05) is 0 Å². The minimum atomic E-state index is -0.107. The molecule has 0 N–H and O–H groups in total. The van der Waals surface area contributed by atoms with E-state index in [2.05, 4.69) is 72.2 Å². The summed E-state index contributed by atoms with van der Waals surface area (Å²) in [5.41, 5.74) is 4.88. The van der Waals surface area contributed by atoms with Crippen LogP contribution in [0.3, 0.4) is 0 Å². The average Bonchev–Trinajstić information content (AvgIpc) is 2.42. The maximum Gasteiger partial charge on any atom is 0.0846 e. The third kappa shape index (κ3) is 3.61. The first-order valence-electron chi connectivity index (χ1n) is 6.60. The molecule has 1 atom stereocenters. The first-order valence-corrected chi connectivity index (χ1v) is 7.83. The predicted molar refractivity (Wildman–Crippen MR) is 87.0 cm³/mol. The van der Waals surface area contributed by atoms with Gasteiger partial charge in [0.1, 0.15) is 0 Å². The summed E-state index contributed by atoms with van der Waals surface area (Å²) in [6, 6.07) is 14.9. The quantitative estimate of drug-likeness (QED) is 0.597. The largest absolute Gasteiger partial charge is 0.113 e. The summed E-state index contributed by atoms with van der Waals surface area (Å²) < 4.78 is 1.07. The maximum atomic E-state index is 6.61. The molecule has 0 aliphatic rings. The summed E-state index contributed by atoms with van der Waals surface area (Å²) in [6.45, 7) is 4.28. The Labute approximate surface area is 128 Å². The normalized spacial score (nSPS) is 12.4. The van der Waals surface area contributed by atoms with Gasteiger partial charge in [-0.25, -0.2) is 0 Å². The lowest BCUT2D eigenvalue weighted by molar-refractivity contribution is 0.920. The van der Waals surface area contributed by atoms with Gasteiger partial charge in [0.25, 0.3) is 0 Å². The van der Waals surface area contributed by atoms with Gasteiger partial charge in [-0.2, -0.15) is 0 Å². The highest BCUT2D eigenvalue weighted by Crippen LogP contribution is 2.34. The van der Waals surface area contributed by atoms with Crippen LogP contribution in [-0.2, 0) is 6.42 Å². The van der Waals surface area contributed by atoms with E-state index < -0.39 is 0 Å². The van der Waals surface area contributed by atoms with Crippen molar-refractivity contribution in [2.45, 2.75) is 32.1 Å². The van der Waals surface area contributed by atoms with Crippen LogP contribution in [0.25, 0.3) is 0 Å². The molecule has 0 heterocycles. The minimum absolute atomic E-state index is 0.107. The van der Waals surface area contributed by atoms with Gasteiger partial charge in [0.15, 0.2) is 0 Å².